The van der Waals surface area contributed by atoms with E-state index in [1.165, 1.54) is 0 Å². The van der Waals surface area contributed by atoms with Gasteiger partial charge in [0.05, 0.1) is 5.41 Å². The molecule has 96 valence electrons. The first-order valence-corrected chi connectivity index (χ1v) is 6.32. The number of carboxylic acid groups (broad SMARTS) is 1. The van der Waals surface area contributed by atoms with Gasteiger partial charge in [-0.1, -0.05) is 12.8 Å². The summed E-state index contributed by atoms with van der Waals surface area (Å²) in [7, 11) is 0. The van der Waals surface area contributed by atoms with Crippen molar-refractivity contribution in [2.24, 2.45) is 11.1 Å². The van der Waals surface area contributed by atoms with Gasteiger partial charge in [0.2, 0.25) is 5.91 Å². The minimum Gasteiger partial charge on any atom is -0.480 e. The Labute approximate surface area is 101 Å². The number of carbonyl (C=O) groups is 2. The first-order chi connectivity index (χ1) is 8.09. The van der Waals surface area contributed by atoms with E-state index in [1.54, 1.807) is 4.90 Å². The lowest BCUT2D eigenvalue weighted by molar-refractivity contribution is -0.150. The Morgan fingerprint density at radius 2 is 1.88 bits per heavy atom. The predicted octanol–water partition coefficient (Wildman–Crippen LogP) is 0.581. The highest BCUT2D eigenvalue weighted by molar-refractivity contribution is 5.87. The summed E-state index contributed by atoms with van der Waals surface area (Å²) < 4.78 is 0. The molecular weight excluding hydrogens is 220 g/mol. The summed E-state index contributed by atoms with van der Waals surface area (Å²) in [5, 5.41) is 8.88. The molecule has 0 spiro atoms. The maximum absolute atomic E-state index is 12.5. The highest BCUT2D eigenvalue weighted by Crippen LogP contribution is 2.41. The van der Waals surface area contributed by atoms with E-state index in [0.29, 0.717) is 6.54 Å². The van der Waals surface area contributed by atoms with Crippen LogP contribution in [0.25, 0.3) is 0 Å². The smallest absolute Gasteiger partial charge is 0.323 e. The second-order valence-corrected chi connectivity index (χ2v) is 5.25. The standard InChI is InChI=1S/C12H20N2O3/c13-8-12(5-1-2-6-12)11(17)14(7-10(15)16)9-3-4-9/h9H,1-8,13H2,(H,15,16). The lowest BCUT2D eigenvalue weighted by Gasteiger charge is -2.32. The second kappa shape index (κ2) is 4.64. The van der Waals surface area contributed by atoms with Gasteiger partial charge >= 0.3 is 5.97 Å². The fourth-order valence-electron chi connectivity index (χ4n) is 2.76. The van der Waals surface area contributed by atoms with Crippen molar-refractivity contribution in [2.45, 2.75) is 44.6 Å². The van der Waals surface area contributed by atoms with E-state index in [9.17, 15) is 9.59 Å². The molecule has 17 heavy (non-hydrogen) atoms. The van der Waals surface area contributed by atoms with Gasteiger partial charge in [0.1, 0.15) is 6.54 Å². The summed E-state index contributed by atoms with van der Waals surface area (Å²) in [6, 6.07) is 0.141. The molecule has 0 atom stereocenters. The number of amides is 1. The molecule has 3 N–H and O–H groups in total. The highest BCUT2D eigenvalue weighted by Gasteiger charge is 2.46. The number of carbonyl (C=O) groups excluding carboxylic acids is 1. The number of hydrogen-bond donors (Lipinski definition) is 2. The molecule has 0 aromatic heterocycles. The maximum Gasteiger partial charge on any atom is 0.323 e. The zero-order chi connectivity index (χ0) is 12.5. The molecule has 2 aliphatic rings. The molecular formula is C12H20N2O3. The Hall–Kier alpha value is -1.10. The Kier molecular flexibility index (Phi) is 3.38. The van der Waals surface area contributed by atoms with E-state index in [4.69, 9.17) is 10.8 Å². The predicted molar refractivity (Wildman–Crippen MR) is 62.3 cm³/mol. The van der Waals surface area contributed by atoms with Crippen LogP contribution < -0.4 is 5.73 Å². The van der Waals surface area contributed by atoms with Crippen LogP contribution in [0.15, 0.2) is 0 Å². The number of aliphatic carboxylic acids is 1. The third kappa shape index (κ3) is 2.44. The number of hydrogen-bond acceptors (Lipinski definition) is 3. The summed E-state index contributed by atoms with van der Waals surface area (Å²) in [5.74, 6) is -0.960. The first-order valence-electron chi connectivity index (χ1n) is 6.32. The van der Waals surface area contributed by atoms with Crippen LogP contribution in [0.3, 0.4) is 0 Å². The minimum absolute atomic E-state index is 0.0256. The van der Waals surface area contributed by atoms with Crippen molar-refractivity contribution in [1.82, 2.24) is 4.90 Å². The molecule has 0 radical (unpaired) electrons. The SMILES string of the molecule is NCC1(C(=O)N(CC(=O)O)C2CC2)CCCC1. The second-order valence-electron chi connectivity index (χ2n) is 5.25. The summed E-state index contributed by atoms with van der Waals surface area (Å²) in [4.78, 5) is 24.9. The summed E-state index contributed by atoms with van der Waals surface area (Å²) >= 11 is 0. The molecule has 2 aliphatic carbocycles. The van der Waals surface area contributed by atoms with Crippen LogP contribution in [0.1, 0.15) is 38.5 Å². The average molecular weight is 240 g/mol. The van der Waals surface area contributed by atoms with Crippen molar-refractivity contribution in [1.29, 1.82) is 0 Å². The normalized spacial score (nSPS) is 22.4. The Balaban J connectivity index is 2.11. The molecule has 5 heteroatoms. The van der Waals surface area contributed by atoms with Gasteiger partial charge in [-0.05, 0) is 25.7 Å². The van der Waals surface area contributed by atoms with E-state index in [-0.39, 0.29) is 18.5 Å². The average Bonchev–Trinajstić information content (AvgIpc) is 3.02. The Morgan fingerprint density at radius 1 is 1.29 bits per heavy atom. The van der Waals surface area contributed by atoms with Gasteiger partial charge in [0.25, 0.3) is 0 Å². The summed E-state index contributed by atoms with van der Waals surface area (Å²) in [6.45, 7) is 0.167. The Morgan fingerprint density at radius 3 is 2.29 bits per heavy atom. The fourth-order valence-corrected chi connectivity index (χ4v) is 2.76. The van der Waals surface area contributed by atoms with Crippen LogP contribution in [0, 0.1) is 5.41 Å². The quantitative estimate of drug-likeness (QED) is 0.736. The fraction of sp³-hybridized carbons (Fsp3) is 0.833. The molecule has 0 saturated heterocycles. The third-order valence-electron chi connectivity index (χ3n) is 3.96. The molecule has 0 unspecified atom stereocenters. The van der Waals surface area contributed by atoms with Crippen LogP contribution in [0.4, 0.5) is 0 Å². The molecule has 1 amide bonds. The van der Waals surface area contributed by atoms with Gasteiger partial charge < -0.3 is 15.7 Å². The van der Waals surface area contributed by atoms with Gasteiger partial charge in [0.15, 0.2) is 0 Å². The number of carboxylic acids is 1. The largest absolute Gasteiger partial charge is 0.480 e. The zero-order valence-corrected chi connectivity index (χ0v) is 10.0. The van der Waals surface area contributed by atoms with Crippen molar-refractivity contribution in [3.8, 4) is 0 Å². The van der Waals surface area contributed by atoms with Crippen molar-refractivity contribution >= 4 is 11.9 Å². The van der Waals surface area contributed by atoms with Crippen molar-refractivity contribution in [3.63, 3.8) is 0 Å². The van der Waals surface area contributed by atoms with Gasteiger partial charge in [-0.3, -0.25) is 9.59 Å². The summed E-state index contributed by atoms with van der Waals surface area (Å²) in [5.41, 5.74) is 5.29. The monoisotopic (exact) mass is 240 g/mol. The van der Waals surface area contributed by atoms with Gasteiger partial charge in [-0.2, -0.15) is 0 Å². The van der Waals surface area contributed by atoms with E-state index < -0.39 is 11.4 Å². The molecule has 0 aromatic carbocycles. The van der Waals surface area contributed by atoms with Gasteiger partial charge in [-0.15, -0.1) is 0 Å². The third-order valence-corrected chi connectivity index (χ3v) is 3.96. The van der Waals surface area contributed by atoms with Crippen molar-refractivity contribution in [2.75, 3.05) is 13.1 Å². The van der Waals surface area contributed by atoms with Crippen molar-refractivity contribution < 1.29 is 14.7 Å². The Bertz CT molecular complexity index is 320. The molecule has 2 saturated carbocycles. The number of nitrogens with zero attached hydrogens (tertiary/aromatic N) is 1. The lowest BCUT2D eigenvalue weighted by atomic mass is 9.84. The number of rotatable bonds is 5. The van der Waals surface area contributed by atoms with E-state index >= 15 is 0 Å². The molecule has 2 fully saturated rings. The van der Waals surface area contributed by atoms with Gasteiger partial charge in [0, 0.05) is 12.6 Å². The van der Waals surface area contributed by atoms with Crippen LogP contribution >= 0.6 is 0 Å². The zero-order valence-electron chi connectivity index (χ0n) is 10.0. The first kappa shape index (κ1) is 12.4. The van der Waals surface area contributed by atoms with Gasteiger partial charge in [-0.25, -0.2) is 0 Å². The molecule has 0 bridgehead atoms. The minimum atomic E-state index is -0.935. The van der Waals surface area contributed by atoms with E-state index in [2.05, 4.69) is 0 Å². The molecule has 2 rings (SSSR count). The lowest BCUT2D eigenvalue weighted by Crippen LogP contribution is -2.49. The summed E-state index contributed by atoms with van der Waals surface area (Å²) in [6.07, 6.45) is 5.53. The topological polar surface area (TPSA) is 83.6 Å². The van der Waals surface area contributed by atoms with Crippen molar-refractivity contribution in [3.05, 3.63) is 0 Å². The van der Waals surface area contributed by atoms with E-state index in [0.717, 1.165) is 38.5 Å². The molecule has 0 aliphatic heterocycles. The maximum atomic E-state index is 12.5. The van der Waals surface area contributed by atoms with Crippen LogP contribution in [-0.4, -0.2) is 41.0 Å². The molecule has 0 aromatic rings. The van der Waals surface area contributed by atoms with E-state index in [1.807, 2.05) is 0 Å². The van der Waals surface area contributed by atoms with Crippen LogP contribution in [0.5, 0.6) is 0 Å². The van der Waals surface area contributed by atoms with Crippen LogP contribution in [0.2, 0.25) is 0 Å². The molecule has 0 heterocycles. The molecule has 5 nitrogen and oxygen atoms in total. The highest BCUT2D eigenvalue weighted by atomic mass is 16.4. The van der Waals surface area contributed by atoms with Crippen LogP contribution in [-0.2, 0) is 9.59 Å². The number of nitrogens with two attached hydrogens (primary N) is 1.